The molecule has 0 aromatic carbocycles. The summed E-state index contributed by atoms with van der Waals surface area (Å²) >= 11 is 0. The van der Waals surface area contributed by atoms with Crippen molar-refractivity contribution in [1.29, 1.82) is 0 Å². The molecule has 0 bridgehead atoms. The molecule has 0 amide bonds. The maximum atomic E-state index is 11.9. The molecule has 0 spiro atoms. The highest BCUT2D eigenvalue weighted by Gasteiger charge is 2.27. The molecule has 6 heteroatoms. The first-order valence-electron chi connectivity index (χ1n) is 5.42. The van der Waals surface area contributed by atoms with Crippen molar-refractivity contribution < 1.29 is 18.4 Å². The van der Waals surface area contributed by atoms with Gasteiger partial charge < -0.3 is 10.1 Å². The van der Waals surface area contributed by atoms with Crippen LogP contribution in [-0.2, 0) is 0 Å². The van der Waals surface area contributed by atoms with Crippen LogP contribution in [0.25, 0.3) is 0 Å². The third-order valence-electron chi connectivity index (χ3n) is 2.85. The average Bonchev–Trinajstić information content (AvgIpc) is 2.16. The van der Waals surface area contributed by atoms with Crippen molar-refractivity contribution in [2.75, 3.05) is 19.6 Å². The smallest absolute Gasteiger partial charge is 0.389 e. The van der Waals surface area contributed by atoms with E-state index in [0.29, 0.717) is 26.1 Å². The molecule has 1 heterocycles. The first-order valence-corrected chi connectivity index (χ1v) is 5.42. The van der Waals surface area contributed by atoms with E-state index in [0.717, 1.165) is 5.71 Å². The highest BCUT2D eigenvalue weighted by molar-refractivity contribution is 5.86. The first-order chi connectivity index (χ1) is 7.42. The zero-order valence-corrected chi connectivity index (χ0v) is 9.30. The summed E-state index contributed by atoms with van der Waals surface area (Å²) in [4.78, 5) is 1.99. The molecule has 1 N–H and O–H groups in total. The van der Waals surface area contributed by atoms with Crippen LogP contribution in [0.2, 0.25) is 0 Å². The summed E-state index contributed by atoms with van der Waals surface area (Å²) in [6, 6.07) is 0. The van der Waals surface area contributed by atoms with Gasteiger partial charge in [-0.2, -0.15) is 13.2 Å². The lowest BCUT2D eigenvalue weighted by atomic mass is 9.97. The van der Waals surface area contributed by atoms with Crippen LogP contribution < -0.4 is 0 Å². The zero-order valence-electron chi connectivity index (χ0n) is 9.30. The SMILES string of the molecule is CC1CN(CCCC(F)(F)F)CCC1=NO. The summed E-state index contributed by atoms with van der Waals surface area (Å²) in [6.07, 6.45) is -4.00. The molecule has 16 heavy (non-hydrogen) atoms. The Morgan fingerprint density at radius 2 is 2.19 bits per heavy atom. The number of oxime groups is 1. The Hall–Kier alpha value is -0.780. The van der Waals surface area contributed by atoms with Crippen molar-refractivity contribution in [1.82, 2.24) is 4.90 Å². The van der Waals surface area contributed by atoms with E-state index >= 15 is 0 Å². The Labute approximate surface area is 92.9 Å². The predicted octanol–water partition coefficient (Wildman–Crippen LogP) is 2.50. The average molecular weight is 238 g/mol. The summed E-state index contributed by atoms with van der Waals surface area (Å²) in [5.74, 6) is 0.129. The summed E-state index contributed by atoms with van der Waals surface area (Å²) in [5, 5.41) is 11.8. The quantitative estimate of drug-likeness (QED) is 0.605. The maximum Gasteiger partial charge on any atom is 0.389 e. The fraction of sp³-hybridized carbons (Fsp3) is 0.900. The number of rotatable bonds is 3. The lowest BCUT2D eigenvalue weighted by Gasteiger charge is -2.31. The summed E-state index contributed by atoms with van der Waals surface area (Å²) in [6.45, 7) is 3.74. The van der Waals surface area contributed by atoms with Crippen LogP contribution in [0.15, 0.2) is 5.16 Å². The summed E-state index contributed by atoms with van der Waals surface area (Å²) in [5.41, 5.74) is 0.743. The van der Waals surface area contributed by atoms with Crippen LogP contribution in [0.3, 0.4) is 0 Å². The second-order valence-electron chi connectivity index (χ2n) is 4.26. The van der Waals surface area contributed by atoms with Crippen LogP contribution in [0, 0.1) is 5.92 Å². The zero-order chi connectivity index (χ0) is 12.2. The van der Waals surface area contributed by atoms with E-state index < -0.39 is 12.6 Å². The molecular formula is C10H17F3N2O. The van der Waals surface area contributed by atoms with Crippen molar-refractivity contribution >= 4 is 5.71 Å². The van der Waals surface area contributed by atoms with Gasteiger partial charge in [0, 0.05) is 31.8 Å². The monoisotopic (exact) mass is 238 g/mol. The molecule has 1 aliphatic rings. The normalized spacial score (nSPS) is 26.2. The highest BCUT2D eigenvalue weighted by Crippen LogP contribution is 2.22. The van der Waals surface area contributed by atoms with Gasteiger partial charge in [0.05, 0.1) is 5.71 Å². The van der Waals surface area contributed by atoms with E-state index in [9.17, 15) is 13.2 Å². The summed E-state index contributed by atoms with van der Waals surface area (Å²) in [7, 11) is 0. The number of hydrogen-bond acceptors (Lipinski definition) is 3. The van der Waals surface area contributed by atoms with Crippen molar-refractivity contribution in [2.45, 2.75) is 32.4 Å². The predicted molar refractivity (Wildman–Crippen MR) is 54.7 cm³/mol. The van der Waals surface area contributed by atoms with E-state index in [1.165, 1.54) is 0 Å². The lowest BCUT2D eigenvalue weighted by molar-refractivity contribution is -0.136. The summed E-state index contributed by atoms with van der Waals surface area (Å²) < 4.78 is 35.8. The van der Waals surface area contributed by atoms with Gasteiger partial charge in [-0.25, -0.2) is 0 Å². The molecule has 94 valence electrons. The number of nitrogens with zero attached hydrogens (tertiary/aromatic N) is 2. The van der Waals surface area contributed by atoms with Crippen molar-refractivity contribution in [2.24, 2.45) is 11.1 Å². The van der Waals surface area contributed by atoms with E-state index in [4.69, 9.17) is 5.21 Å². The molecule has 0 radical (unpaired) electrons. The van der Waals surface area contributed by atoms with Gasteiger partial charge in [-0.05, 0) is 13.0 Å². The fourth-order valence-corrected chi connectivity index (χ4v) is 1.96. The van der Waals surface area contributed by atoms with Crippen LogP contribution >= 0.6 is 0 Å². The van der Waals surface area contributed by atoms with Crippen LogP contribution in [0.5, 0.6) is 0 Å². The molecule has 1 saturated heterocycles. The van der Waals surface area contributed by atoms with Gasteiger partial charge in [0.25, 0.3) is 0 Å². The fourth-order valence-electron chi connectivity index (χ4n) is 1.96. The lowest BCUT2D eigenvalue weighted by Crippen LogP contribution is -2.40. The third kappa shape index (κ3) is 4.38. The van der Waals surface area contributed by atoms with E-state index in [2.05, 4.69) is 5.16 Å². The van der Waals surface area contributed by atoms with Gasteiger partial charge >= 0.3 is 6.18 Å². The van der Waals surface area contributed by atoms with Gasteiger partial charge in [-0.1, -0.05) is 12.1 Å². The Morgan fingerprint density at radius 3 is 2.69 bits per heavy atom. The van der Waals surface area contributed by atoms with Gasteiger partial charge in [0.1, 0.15) is 0 Å². The molecule has 0 aliphatic carbocycles. The van der Waals surface area contributed by atoms with Gasteiger partial charge in [-0.15, -0.1) is 0 Å². The molecule has 1 aliphatic heterocycles. The molecular weight excluding hydrogens is 221 g/mol. The molecule has 1 unspecified atom stereocenters. The number of halogens is 3. The van der Waals surface area contributed by atoms with Gasteiger partial charge in [0.2, 0.25) is 0 Å². The maximum absolute atomic E-state index is 11.9. The minimum atomic E-state index is -4.06. The van der Waals surface area contributed by atoms with Crippen molar-refractivity contribution in [3.05, 3.63) is 0 Å². The second-order valence-corrected chi connectivity index (χ2v) is 4.26. The Morgan fingerprint density at radius 1 is 1.50 bits per heavy atom. The van der Waals surface area contributed by atoms with Crippen LogP contribution in [0.1, 0.15) is 26.2 Å². The molecule has 1 rings (SSSR count). The van der Waals surface area contributed by atoms with E-state index in [1.54, 1.807) is 0 Å². The number of likely N-dealkylation sites (tertiary alicyclic amines) is 1. The first kappa shape index (κ1) is 13.3. The molecule has 0 aromatic heterocycles. The molecule has 0 aromatic rings. The number of alkyl halides is 3. The molecule has 3 nitrogen and oxygen atoms in total. The second kappa shape index (κ2) is 5.52. The third-order valence-corrected chi connectivity index (χ3v) is 2.85. The van der Waals surface area contributed by atoms with Gasteiger partial charge in [0.15, 0.2) is 0 Å². The molecule has 0 saturated carbocycles. The minimum Gasteiger partial charge on any atom is -0.411 e. The van der Waals surface area contributed by atoms with Crippen molar-refractivity contribution in [3.63, 3.8) is 0 Å². The Balaban J connectivity index is 2.26. The van der Waals surface area contributed by atoms with Crippen LogP contribution in [0.4, 0.5) is 13.2 Å². The molecule has 1 atom stereocenters. The van der Waals surface area contributed by atoms with Crippen molar-refractivity contribution in [3.8, 4) is 0 Å². The van der Waals surface area contributed by atoms with E-state index in [1.807, 2.05) is 11.8 Å². The van der Waals surface area contributed by atoms with Gasteiger partial charge in [-0.3, -0.25) is 0 Å². The number of hydrogen-bond donors (Lipinski definition) is 1. The standard InChI is InChI=1S/C10H17F3N2O/c1-8-7-15(6-3-9(8)14-16)5-2-4-10(11,12)13/h8,16H,2-7H2,1H3. The topological polar surface area (TPSA) is 35.8 Å². The Kier molecular flexibility index (Phi) is 4.58. The number of piperidine rings is 1. The Bertz CT molecular complexity index is 253. The molecule has 1 fully saturated rings. The minimum absolute atomic E-state index is 0.129. The van der Waals surface area contributed by atoms with E-state index in [-0.39, 0.29) is 12.3 Å². The highest BCUT2D eigenvalue weighted by atomic mass is 19.4. The van der Waals surface area contributed by atoms with Crippen LogP contribution in [-0.4, -0.2) is 41.6 Å². The largest absolute Gasteiger partial charge is 0.411 e.